The number of halogens is 3. The molecular weight excluding hydrogens is 403 g/mol. The van der Waals surface area contributed by atoms with Crippen molar-refractivity contribution in [2.45, 2.75) is 44.8 Å². The Morgan fingerprint density at radius 3 is 2.50 bits per heavy atom. The van der Waals surface area contributed by atoms with Gasteiger partial charge in [0.15, 0.2) is 0 Å². The first-order valence-corrected chi connectivity index (χ1v) is 9.71. The number of rotatable bonds is 2. The fourth-order valence-electron chi connectivity index (χ4n) is 2.79. The van der Waals surface area contributed by atoms with E-state index >= 15 is 0 Å². The predicted octanol–water partition coefficient (Wildman–Crippen LogP) is 3.95. The van der Waals surface area contributed by atoms with Gasteiger partial charge in [0, 0.05) is 23.6 Å². The summed E-state index contributed by atoms with van der Waals surface area (Å²) in [6.45, 7) is 5.77. The van der Waals surface area contributed by atoms with Crippen molar-refractivity contribution in [1.82, 2.24) is 4.90 Å². The number of benzene rings is 1. The van der Waals surface area contributed by atoms with Gasteiger partial charge in [-0.2, -0.15) is 21.6 Å². The summed E-state index contributed by atoms with van der Waals surface area (Å²) in [5, 5.41) is 0.621. The van der Waals surface area contributed by atoms with Gasteiger partial charge in [0.2, 0.25) is 0 Å². The number of ether oxygens (including phenoxy) is 1. The van der Waals surface area contributed by atoms with Crippen LogP contribution >= 0.6 is 0 Å². The van der Waals surface area contributed by atoms with Crippen molar-refractivity contribution in [1.29, 1.82) is 0 Å². The summed E-state index contributed by atoms with van der Waals surface area (Å²) >= 11 is 0. The highest BCUT2D eigenvalue weighted by molar-refractivity contribution is 7.88. The highest BCUT2D eigenvalue weighted by atomic mass is 32.2. The van der Waals surface area contributed by atoms with Crippen LogP contribution in [0.2, 0.25) is 0 Å². The van der Waals surface area contributed by atoms with Gasteiger partial charge < -0.3 is 18.2 Å². The lowest BCUT2D eigenvalue weighted by Crippen LogP contribution is -2.39. The summed E-state index contributed by atoms with van der Waals surface area (Å²) < 4.78 is 74.8. The van der Waals surface area contributed by atoms with E-state index in [4.69, 9.17) is 9.15 Å². The van der Waals surface area contributed by atoms with Gasteiger partial charge in [0.1, 0.15) is 22.7 Å². The normalized spacial score (nSPS) is 15.4. The third-order valence-electron chi connectivity index (χ3n) is 3.96. The molecule has 0 radical (unpaired) electrons. The molecule has 28 heavy (non-hydrogen) atoms. The number of amides is 1. The van der Waals surface area contributed by atoms with E-state index in [-0.39, 0.29) is 12.1 Å². The molecule has 2 aromatic rings. The number of hydrogen-bond donors (Lipinski definition) is 0. The number of alkyl halides is 3. The minimum absolute atomic E-state index is 0.135. The van der Waals surface area contributed by atoms with Crippen molar-refractivity contribution in [3.63, 3.8) is 0 Å². The van der Waals surface area contributed by atoms with Gasteiger partial charge in [0.05, 0.1) is 6.54 Å². The van der Waals surface area contributed by atoms with Gasteiger partial charge in [-0.25, -0.2) is 4.79 Å². The van der Waals surface area contributed by atoms with Crippen molar-refractivity contribution >= 4 is 27.2 Å². The SMILES string of the molecule is CC(C)(C)OC(=O)N1CCc2c(oc3cc(OS(=O)(=O)C(F)(F)F)ccc23)C1. The Morgan fingerprint density at radius 2 is 1.89 bits per heavy atom. The maximum atomic E-state index is 12.5. The molecule has 11 heteroatoms. The summed E-state index contributed by atoms with van der Waals surface area (Å²) in [6, 6.07) is 3.64. The zero-order chi connectivity index (χ0) is 20.9. The molecule has 1 aliphatic heterocycles. The van der Waals surface area contributed by atoms with Crippen LogP contribution < -0.4 is 4.18 Å². The summed E-state index contributed by atoms with van der Waals surface area (Å²) in [5.41, 5.74) is -5.20. The van der Waals surface area contributed by atoms with Crippen molar-refractivity contribution < 1.29 is 39.7 Å². The highest BCUT2D eigenvalue weighted by Gasteiger charge is 2.48. The second-order valence-corrected chi connectivity index (χ2v) is 8.83. The van der Waals surface area contributed by atoms with Crippen LogP contribution in [0.4, 0.5) is 18.0 Å². The van der Waals surface area contributed by atoms with Crippen molar-refractivity contribution in [3.05, 3.63) is 29.5 Å². The van der Waals surface area contributed by atoms with E-state index in [2.05, 4.69) is 4.18 Å². The van der Waals surface area contributed by atoms with Gasteiger partial charge in [-0.05, 0) is 39.3 Å². The molecule has 2 heterocycles. The van der Waals surface area contributed by atoms with Crippen molar-refractivity contribution in [2.24, 2.45) is 0 Å². The Labute approximate surface area is 159 Å². The standard InChI is InChI=1S/C17H18F3NO6S/c1-16(2,3)26-15(22)21-7-6-12-11-5-4-10(8-13(11)25-14(12)9-21)27-28(23,24)17(18,19)20/h4-5,8H,6-7,9H2,1-3H3. The molecule has 3 rings (SSSR count). The monoisotopic (exact) mass is 421 g/mol. The number of nitrogens with zero attached hydrogens (tertiary/aromatic N) is 1. The zero-order valence-electron chi connectivity index (χ0n) is 15.3. The maximum Gasteiger partial charge on any atom is 0.534 e. The van der Waals surface area contributed by atoms with Crippen LogP contribution in [0.1, 0.15) is 32.1 Å². The molecule has 7 nitrogen and oxygen atoms in total. The molecule has 1 aliphatic rings. The molecule has 154 valence electrons. The van der Waals surface area contributed by atoms with Crippen LogP contribution in [0, 0.1) is 0 Å². The fraction of sp³-hybridized carbons (Fsp3) is 0.471. The number of furan rings is 1. The molecule has 1 aromatic carbocycles. The van der Waals surface area contributed by atoms with Gasteiger partial charge >= 0.3 is 21.7 Å². The van der Waals surface area contributed by atoms with Crippen LogP contribution in [0.15, 0.2) is 22.6 Å². The third-order valence-corrected chi connectivity index (χ3v) is 4.93. The molecule has 0 bridgehead atoms. The Bertz CT molecular complexity index is 1020. The first kappa shape index (κ1) is 20.3. The number of fused-ring (bicyclic) bond motifs is 3. The van der Waals surface area contributed by atoms with Gasteiger partial charge in [-0.1, -0.05) is 0 Å². The van der Waals surface area contributed by atoms with E-state index in [1.807, 2.05) is 0 Å². The lowest BCUT2D eigenvalue weighted by molar-refractivity contribution is -0.0500. The number of carbonyl (C=O) groups is 1. The summed E-state index contributed by atoms with van der Waals surface area (Å²) in [7, 11) is -5.77. The van der Waals surface area contributed by atoms with Crippen LogP contribution in [0.25, 0.3) is 11.0 Å². The average Bonchev–Trinajstić information content (AvgIpc) is 2.88. The smallest absolute Gasteiger partial charge is 0.459 e. The highest BCUT2D eigenvalue weighted by Crippen LogP contribution is 2.34. The zero-order valence-corrected chi connectivity index (χ0v) is 16.1. The quantitative estimate of drug-likeness (QED) is 0.539. The second kappa shape index (κ2) is 6.57. The Morgan fingerprint density at radius 1 is 1.21 bits per heavy atom. The summed E-state index contributed by atoms with van der Waals surface area (Å²) in [6.07, 6.45) is -0.0401. The van der Waals surface area contributed by atoms with Gasteiger partial charge in [-0.15, -0.1) is 0 Å². The maximum absolute atomic E-state index is 12.5. The largest absolute Gasteiger partial charge is 0.534 e. The third kappa shape index (κ3) is 4.03. The van der Waals surface area contributed by atoms with Crippen LogP contribution in [0.5, 0.6) is 5.75 Å². The Balaban J connectivity index is 1.85. The second-order valence-electron chi connectivity index (χ2n) is 7.30. The minimum Gasteiger partial charge on any atom is -0.459 e. The molecular formula is C17H18F3NO6S. The van der Waals surface area contributed by atoms with Gasteiger partial charge in [-0.3, -0.25) is 0 Å². The van der Waals surface area contributed by atoms with Crippen LogP contribution in [-0.2, 0) is 27.8 Å². The first-order chi connectivity index (χ1) is 12.8. The molecule has 0 N–H and O–H groups in total. The molecule has 0 aliphatic carbocycles. The summed E-state index contributed by atoms with van der Waals surface area (Å²) in [4.78, 5) is 13.7. The molecule has 1 amide bonds. The number of carbonyl (C=O) groups excluding carboxylic acids is 1. The molecule has 0 atom stereocenters. The molecule has 0 fully saturated rings. The average molecular weight is 421 g/mol. The van der Waals surface area contributed by atoms with E-state index in [1.54, 1.807) is 20.8 Å². The topological polar surface area (TPSA) is 86.0 Å². The lowest BCUT2D eigenvalue weighted by atomic mass is 10.0. The van der Waals surface area contributed by atoms with Crippen molar-refractivity contribution in [3.8, 4) is 5.75 Å². The van der Waals surface area contributed by atoms with E-state index in [9.17, 15) is 26.4 Å². The molecule has 0 saturated carbocycles. The van der Waals surface area contributed by atoms with E-state index in [1.165, 1.54) is 11.0 Å². The molecule has 0 spiro atoms. The van der Waals surface area contributed by atoms with Crippen LogP contribution in [-0.4, -0.2) is 37.1 Å². The first-order valence-electron chi connectivity index (χ1n) is 8.30. The van der Waals surface area contributed by atoms with E-state index in [0.29, 0.717) is 24.1 Å². The summed E-state index contributed by atoms with van der Waals surface area (Å²) in [5.74, 6) is -0.0529. The predicted molar refractivity (Wildman–Crippen MR) is 92.2 cm³/mol. The Hall–Kier alpha value is -2.43. The Kier molecular flexibility index (Phi) is 4.77. The van der Waals surface area contributed by atoms with Gasteiger partial charge in [0.25, 0.3) is 0 Å². The lowest BCUT2D eigenvalue weighted by Gasteiger charge is -2.29. The number of hydrogen-bond acceptors (Lipinski definition) is 6. The van der Waals surface area contributed by atoms with Crippen LogP contribution in [0.3, 0.4) is 0 Å². The molecule has 0 saturated heterocycles. The molecule has 0 unspecified atom stereocenters. The minimum atomic E-state index is -5.77. The molecule has 1 aromatic heterocycles. The van der Waals surface area contributed by atoms with E-state index in [0.717, 1.165) is 17.7 Å². The van der Waals surface area contributed by atoms with E-state index < -0.39 is 33.1 Å². The van der Waals surface area contributed by atoms with Crippen molar-refractivity contribution in [2.75, 3.05) is 6.54 Å². The fourth-order valence-corrected chi connectivity index (χ4v) is 3.24.